The third-order valence-corrected chi connectivity index (χ3v) is 7.41. The molecule has 2 N–H and O–H groups in total. The van der Waals surface area contributed by atoms with Crippen LogP contribution in [0, 0.1) is 17.3 Å². The number of esters is 1. The molecule has 27 heavy (non-hydrogen) atoms. The van der Waals surface area contributed by atoms with Crippen molar-refractivity contribution < 1.29 is 24.5 Å². The third-order valence-electron chi connectivity index (χ3n) is 7.41. The summed E-state index contributed by atoms with van der Waals surface area (Å²) in [4.78, 5) is 12.8. The van der Waals surface area contributed by atoms with E-state index >= 15 is 0 Å². The quantitative estimate of drug-likeness (QED) is 0.623. The lowest BCUT2D eigenvalue weighted by molar-refractivity contribution is -0.120. The molecule has 1 heterocycles. The first-order valence-corrected chi connectivity index (χ1v) is 9.98. The summed E-state index contributed by atoms with van der Waals surface area (Å²) >= 11 is 0. The van der Waals surface area contributed by atoms with Crippen LogP contribution in [0.1, 0.15) is 63.7 Å². The number of aliphatic hydroxyl groups is 1. The van der Waals surface area contributed by atoms with E-state index in [0.29, 0.717) is 12.0 Å². The van der Waals surface area contributed by atoms with Crippen LogP contribution in [0.15, 0.2) is 24.3 Å². The maximum absolute atomic E-state index is 12.8. The molecule has 3 aliphatic rings. The van der Waals surface area contributed by atoms with Gasteiger partial charge in [-0.25, -0.2) is 4.79 Å². The highest BCUT2D eigenvalue weighted by atomic mass is 16.6. The Balaban J connectivity index is 1.67. The van der Waals surface area contributed by atoms with Gasteiger partial charge >= 0.3 is 5.97 Å². The van der Waals surface area contributed by atoms with E-state index in [1.165, 1.54) is 12.1 Å². The predicted octanol–water partition coefficient (Wildman–Crippen LogP) is 3.67. The highest BCUT2D eigenvalue weighted by molar-refractivity contribution is 5.89. The fourth-order valence-electron chi connectivity index (χ4n) is 5.63. The monoisotopic (exact) mass is 374 g/mol. The molecule has 0 bridgehead atoms. The van der Waals surface area contributed by atoms with Crippen LogP contribution in [0.2, 0.25) is 0 Å². The summed E-state index contributed by atoms with van der Waals surface area (Å²) in [5.74, 6) is -0.329. The molecule has 0 radical (unpaired) electrons. The van der Waals surface area contributed by atoms with Crippen LogP contribution in [0.4, 0.5) is 0 Å². The van der Waals surface area contributed by atoms with E-state index < -0.39 is 17.7 Å². The minimum absolute atomic E-state index is 0.0855. The van der Waals surface area contributed by atoms with Gasteiger partial charge in [-0.15, -0.1) is 0 Å². The van der Waals surface area contributed by atoms with Crippen molar-refractivity contribution in [2.45, 2.75) is 76.8 Å². The van der Waals surface area contributed by atoms with Crippen molar-refractivity contribution in [2.75, 3.05) is 0 Å². The molecule has 1 aliphatic heterocycles. The number of rotatable bonds is 3. The topological polar surface area (TPSA) is 79.3 Å². The molecule has 0 aromatic heterocycles. The molecule has 5 nitrogen and oxygen atoms in total. The van der Waals surface area contributed by atoms with Gasteiger partial charge in [0.25, 0.3) is 0 Å². The number of hydrogen-bond donors (Lipinski definition) is 2. The van der Waals surface area contributed by atoms with Crippen molar-refractivity contribution in [1.29, 1.82) is 0 Å². The molecular formula is C22H30O5. The highest BCUT2D eigenvalue weighted by Gasteiger charge is 2.68. The van der Waals surface area contributed by atoms with Crippen LogP contribution in [-0.4, -0.2) is 39.6 Å². The Hall–Kier alpha value is -1.59. The van der Waals surface area contributed by atoms with Crippen LogP contribution in [0.3, 0.4) is 0 Å². The lowest BCUT2D eigenvalue weighted by atomic mass is 9.67. The Morgan fingerprint density at radius 3 is 2.48 bits per heavy atom. The lowest BCUT2D eigenvalue weighted by Crippen LogP contribution is -2.50. The van der Waals surface area contributed by atoms with Crippen molar-refractivity contribution >= 4 is 5.97 Å². The molecule has 0 unspecified atom stereocenters. The van der Waals surface area contributed by atoms with Gasteiger partial charge in [0.1, 0.15) is 11.9 Å². The zero-order valence-corrected chi connectivity index (χ0v) is 16.6. The average molecular weight is 374 g/mol. The molecule has 0 spiro atoms. The molecule has 3 fully saturated rings. The van der Waals surface area contributed by atoms with E-state index in [1.54, 1.807) is 12.1 Å². The van der Waals surface area contributed by atoms with E-state index in [4.69, 9.17) is 9.47 Å². The molecule has 4 rings (SSSR count). The van der Waals surface area contributed by atoms with Crippen LogP contribution < -0.4 is 0 Å². The molecule has 1 aromatic carbocycles. The lowest BCUT2D eigenvalue weighted by Gasteiger charge is -2.44. The molecular weight excluding hydrogens is 344 g/mol. The van der Waals surface area contributed by atoms with E-state index in [1.807, 2.05) is 0 Å². The maximum Gasteiger partial charge on any atom is 0.338 e. The molecule has 6 atom stereocenters. The summed E-state index contributed by atoms with van der Waals surface area (Å²) in [6, 6.07) is 6.09. The van der Waals surface area contributed by atoms with Crippen molar-refractivity contribution in [3.05, 3.63) is 29.8 Å². The Labute approximate surface area is 160 Å². The second-order valence-electron chi connectivity index (χ2n) is 9.60. The maximum atomic E-state index is 12.8. The number of carbonyl (C=O) groups excluding carboxylic acids is 1. The van der Waals surface area contributed by atoms with E-state index in [9.17, 15) is 15.0 Å². The summed E-state index contributed by atoms with van der Waals surface area (Å²) < 4.78 is 12.0. The number of phenolic OH excluding ortho intramolecular Hbond substituents is 1. The number of ether oxygens (including phenoxy) is 2. The molecule has 2 aliphatic carbocycles. The highest BCUT2D eigenvalue weighted by Crippen LogP contribution is 2.63. The largest absolute Gasteiger partial charge is 0.508 e. The molecule has 0 amide bonds. The Bertz CT molecular complexity index is 744. The van der Waals surface area contributed by atoms with E-state index in [-0.39, 0.29) is 34.7 Å². The van der Waals surface area contributed by atoms with Crippen LogP contribution >= 0.6 is 0 Å². The predicted molar refractivity (Wildman–Crippen MR) is 100 cm³/mol. The zero-order chi connectivity index (χ0) is 19.6. The number of aromatic hydroxyl groups is 1. The van der Waals surface area contributed by atoms with Crippen LogP contribution in [0.5, 0.6) is 5.75 Å². The number of hydrogen-bond acceptors (Lipinski definition) is 5. The molecule has 1 saturated heterocycles. The Morgan fingerprint density at radius 2 is 1.85 bits per heavy atom. The fraction of sp³-hybridized carbons (Fsp3) is 0.682. The zero-order valence-electron chi connectivity index (χ0n) is 16.6. The smallest absolute Gasteiger partial charge is 0.338 e. The first kappa shape index (κ1) is 18.8. The fourth-order valence-corrected chi connectivity index (χ4v) is 5.63. The number of fused-ring (bicyclic) bond motifs is 2. The first-order chi connectivity index (χ1) is 12.6. The SMILES string of the molecule is CC(C)[C@]1(O)CC[C@@]2(C)C[C@@H]3O[C@]3(C)C[C@H](OC(=O)c3ccc(O)cc3)[C@H]21. The van der Waals surface area contributed by atoms with Crippen molar-refractivity contribution in [1.82, 2.24) is 0 Å². The molecule has 148 valence electrons. The number of carbonyl (C=O) groups is 1. The van der Waals surface area contributed by atoms with Crippen molar-refractivity contribution in [3.8, 4) is 5.75 Å². The van der Waals surface area contributed by atoms with E-state index in [0.717, 1.165) is 19.3 Å². The second kappa shape index (κ2) is 5.95. The first-order valence-electron chi connectivity index (χ1n) is 9.98. The van der Waals surface area contributed by atoms with Gasteiger partial charge in [0.2, 0.25) is 0 Å². The summed E-state index contributed by atoms with van der Waals surface area (Å²) in [7, 11) is 0. The summed E-state index contributed by atoms with van der Waals surface area (Å²) in [6.45, 7) is 8.40. The summed E-state index contributed by atoms with van der Waals surface area (Å²) in [6.07, 6.45) is 2.92. The van der Waals surface area contributed by atoms with Gasteiger partial charge in [0.05, 0.1) is 22.9 Å². The standard InChI is InChI=1S/C22H30O5/c1-13(2)22(25)10-9-20(3)12-17-21(4,27-17)11-16(18(20)22)26-19(24)14-5-7-15(23)8-6-14/h5-8,13,16-18,23,25H,9-12H2,1-4H3/t16-,17-,18+,20-,21+,22+/m0/s1. The van der Waals surface area contributed by atoms with Gasteiger partial charge in [0.15, 0.2) is 0 Å². The van der Waals surface area contributed by atoms with Crippen LogP contribution in [-0.2, 0) is 9.47 Å². The van der Waals surface area contributed by atoms with Crippen molar-refractivity contribution in [3.63, 3.8) is 0 Å². The number of phenols is 1. The normalized spacial score (nSPS) is 43.0. The molecule has 5 heteroatoms. The molecule has 1 aromatic rings. The second-order valence-corrected chi connectivity index (χ2v) is 9.60. The van der Waals surface area contributed by atoms with E-state index in [2.05, 4.69) is 27.7 Å². The van der Waals surface area contributed by atoms with Crippen LogP contribution in [0.25, 0.3) is 0 Å². The van der Waals surface area contributed by atoms with Gasteiger partial charge < -0.3 is 19.7 Å². The summed E-state index contributed by atoms with van der Waals surface area (Å²) in [5.41, 5.74) is -0.826. The van der Waals surface area contributed by atoms with Gasteiger partial charge in [0, 0.05) is 12.3 Å². The Morgan fingerprint density at radius 1 is 1.19 bits per heavy atom. The summed E-state index contributed by atoms with van der Waals surface area (Å²) in [5, 5.41) is 21.0. The minimum Gasteiger partial charge on any atom is -0.508 e. The van der Waals surface area contributed by atoms with Gasteiger partial charge in [-0.1, -0.05) is 20.8 Å². The number of epoxide rings is 1. The van der Waals surface area contributed by atoms with Gasteiger partial charge in [-0.2, -0.15) is 0 Å². The number of benzene rings is 1. The average Bonchev–Trinajstić information content (AvgIpc) is 3.12. The van der Waals surface area contributed by atoms with Gasteiger partial charge in [-0.05, 0) is 61.8 Å². The van der Waals surface area contributed by atoms with Crippen molar-refractivity contribution in [2.24, 2.45) is 17.3 Å². The molecule has 2 saturated carbocycles. The minimum atomic E-state index is -0.845. The Kier molecular flexibility index (Phi) is 4.13. The van der Waals surface area contributed by atoms with Gasteiger partial charge in [-0.3, -0.25) is 0 Å². The third kappa shape index (κ3) is 2.95.